The van der Waals surface area contributed by atoms with E-state index < -0.39 is 53.2 Å². The lowest BCUT2D eigenvalue weighted by molar-refractivity contribution is -0.142. The fourth-order valence-electron chi connectivity index (χ4n) is 4.35. The van der Waals surface area contributed by atoms with Crippen LogP contribution in [0.1, 0.15) is 41.7 Å². The standard InChI is InChI=1S/C46H30F4O10/c1-7-41(51)59-39-25-34(9-8-31-10-17-36(18-11-31)57-43(53)28(4)24-33-14-21-35(22-15-33)56-42(52)27(2)3)26-40(60-44(54)29(5)46(48,49)50)38(39)23-16-32-12-19-37(20-13-32)58-45(55)30(6)47/h7,10-15,17-22,24-26H,1-2,5-6H2,3-4H3. The number of halogens is 4. The van der Waals surface area contributed by atoms with E-state index in [9.17, 15) is 41.5 Å². The highest BCUT2D eigenvalue weighted by Gasteiger charge is 2.38. The fourth-order valence-corrected chi connectivity index (χ4v) is 4.35. The zero-order valence-corrected chi connectivity index (χ0v) is 31.7. The van der Waals surface area contributed by atoms with Crippen molar-refractivity contribution in [3.8, 4) is 52.4 Å². The van der Waals surface area contributed by atoms with Crippen molar-refractivity contribution >= 4 is 35.9 Å². The van der Waals surface area contributed by atoms with Gasteiger partial charge in [-0.15, -0.1) is 0 Å². The second-order valence-corrected chi connectivity index (χ2v) is 12.1. The van der Waals surface area contributed by atoms with Gasteiger partial charge in [0.15, 0.2) is 11.5 Å². The lowest BCUT2D eigenvalue weighted by atomic mass is 10.1. The molecule has 0 aromatic heterocycles. The Kier molecular flexibility index (Phi) is 14.7. The molecule has 0 saturated heterocycles. The van der Waals surface area contributed by atoms with Crippen LogP contribution in [0.25, 0.3) is 6.08 Å². The zero-order valence-electron chi connectivity index (χ0n) is 31.7. The summed E-state index contributed by atoms with van der Waals surface area (Å²) in [5.74, 6) is 3.51. The van der Waals surface area contributed by atoms with Crippen molar-refractivity contribution in [1.29, 1.82) is 0 Å². The molecule has 0 spiro atoms. The topological polar surface area (TPSA) is 132 Å². The van der Waals surface area contributed by atoms with Crippen LogP contribution in [0.3, 0.4) is 0 Å². The molecule has 0 atom stereocenters. The van der Waals surface area contributed by atoms with E-state index in [2.05, 4.69) is 50.0 Å². The van der Waals surface area contributed by atoms with Crippen molar-refractivity contribution < 1.29 is 65.2 Å². The highest BCUT2D eigenvalue weighted by molar-refractivity contribution is 5.95. The van der Waals surface area contributed by atoms with Crippen molar-refractivity contribution in [3.63, 3.8) is 0 Å². The number of hydrogen-bond acceptors (Lipinski definition) is 10. The van der Waals surface area contributed by atoms with Gasteiger partial charge in [0.25, 0.3) is 0 Å². The SMILES string of the molecule is C=CC(=O)Oc1cc(C#Cc2ccc(OC(=O)C(C)=Cc3ccc(OC(=O)C(=C)C)cc3)cc2)cc(OC(=O)C(=C)C(F)(F)F)c1C#Cc1ccc(OC(=O)C(=C)F)cc1. The molecule has 4 aromatic carbocycles. The number of benzene rings is 4. The van der Waals surface area contributed by atoms with E-state index >= 15 is 0 Å². The molecule has 0 heterocycles. The van der Waals surface area contributed by atoms with Gasteiger partial charge in [-0.2, -0.15) is 17.6 Å². The number of alkyl halides is 3. The van der Waals surface area contributed by atoms with Crippen molar-refractivity contribution in [2.24, 2.45) is 0 Å². The first-order valence-electron chi connectivity index (χ1n) is 17.0. The van der Waals surface area contributed by atoms with Crippen molar-refractivity contribution in [3.05, 3.63) is 168 Å². The molecule has 302 valence electrons. The second-order valence-electron chi connectivity index (χ2n) is 12.1. The van der Waals surface area contributed by atoms with E-state index in [-0.39, 0.29) is 45.1 Å². The first kappa shape index (κ1) is 44.5. The van der Waals surface area contributed by atoms with Crippen LogP contribution in [0.5, 0.6) is 28.7 Å². The Hall–Kier alpha value is -8.23. The molecular formula is C46H30F4O10. The fraction of sp³-hybridized carbons (Fsp3) is 0.0652. The number of carbonyl (C=O) groups excluding carboxylic acids is 5. The quantitative estimate of drug-likeness (QED) is 0.0478. The molecule has 0 saturated carbocycles. The van der Waals surface area contributed by atoms with Crippen molar-refractivity contribution in [1.82, 2.24) is 0 Å². The van der Waals surface area contributed by atoms with Gasteiger partial charge < -0.3 is 23.7 Å². The zero-order chi connectivity index (χ0) is 44.1. The van der Waals surface area contributed by atoms with Crippen LogP contribution < -0.4 is 23.7 Å². The molecule has 0 aliphatic rings. The van der Waals surface area contributed by atoms with Crippen molar-refractivity contribution in [2.75, 3.05) is 0 Å². The molecule has 10 nitrogen and oxygen atoms in total. The molecular weight excluding hydrogens is 788 g/mol. The van der Waals surface area contributed by atoms with Crippen LogP contribution in [0.15, 0.2) is 140 Å². The molecule has 60 heavy (non-hydrogen) atoms. The maximum Gasteiger partial charge on any atom is 0.422 e. The van der Waals surface area contributed by atoms with Crippen LogP contribution in [0.4, 0.5) is 17.6 Å². The third-order valence-electron chi connectivity index (χ3n) is 7.41. The molecule has 0 fully saturated rings. The van der Waals surface area contributed by atoms with Gasteiger partial charge in [-0.25, -0.2) is 24.0 Å². The summed E-state index contributed by atoms with van der Waals surface area (Å²) in [5, 5.41) is 0. The summed E-state index contributed by atoms with van der Waals surface area (Å²) < 4.78 is 78.9. The van der Waals surface area contributed by atoms with E-state index in [0.29, 0.717) is 16.9 Å². The number of ether oxygens (including phenoxy) is 5. The smallest absolute Gasteiger partial charge is 0.422 e. The van der Waals surface area contributed by atoms with Gasteiger partial charge in [-0.05, 0) is 98.3 Å². The molecule has 4 rings (SSSR count). The largest absolute Gasteiger partial charge is 0.423 e. The van der Waals surface area contributed by atoms with Crippen LogP contribution in [-0.4, -0.2) is 36.0 Å². The summed E-state index contributed by atoms with van der Waals surface area (Å²) in [5.41, 5.74) is -0.466. The van der Waals surface area contributed by atoms with Gasteiger partial charge in [0.1, 0.15) is 28.4 Å². The van der Waals surface area contributed by atoms with Crippen LogP contribution in [-0.2, 0) is 24.0 Å². The Bertz CT molecular complexity index is 2580. The highest BCUT2D eigenvalue weighted by atomic mass is 19.4. The van der Waals surface area contributed by atoms with E-state index in [1.54, 1.807) is 37.3 Å². The minimum Gasteiger partial charge on any atom is -0.423 e. The summed E-state index contributed by atoms with van der Waals surface area (Å²) in [6.07, 6.45) is -2.78. The molecule has 0 amide bonds. The highest BCUT2D eigenvalue weighted by Crippen LogP contribution is 2.33. The minimum absolute atomic E-state index is 0.00765. The molecule has 0 radical (unpaired) electrons. The van der Waals surface area contributed by atoms with E-state index in [0.717, 1.165) is 12.1 Å². The average molecular weight is 819 g/mol. The summed E-state index contributed by atoms with van der Waals surface area (Å²) in [7, 11) is 0. The van der Waals surface area contributed by atoms with Gasteiger partial charge in [0.2, 0.25) is 5.83 Å². The number of carbonyl (C=O) groups is 5. The third-order valence-corrected chi connectivity index (χ3v) is 7.41. The van der Waals surface area contributed by atoms with E-state index in [4.69, 9.17) is 23.7 Å². The average Bonchev–Trinajstić information content (AvgIpc) is 3.20. The second kappa shape index (κ2) is 19.8. The Labute approximate surface area is 340 Å². The summed E-state index contributed by atoms with van der Waals surface area (Å²) >= 11 is 0. The van der Waals surface area contributed by atoms with Gasteiger partial charge in [0, 0.05) is 33.9 Å². The third kappa shape index (κ3) is 12.9. The Morgan fingerprint density at radius 2 is 1.03 bits per heavy atom. The first-order valence-corrected chi connectivity index (χ1v) is 17.0. The van der Waals surface area contributed by atoms with Crippen molar-refractivity contribution in [2.45, 2.75) is 20.0 Å². The monoisotopic (exact) mass is 818 g/mol. The molecule has 0 unspecified atom stereocenters. The Morgan fingerprint density at radius 1 is 0.583 bits per heavy atom. The predicted molar refractivity (Wildman–Crippen MR) is 210 cm³/mol. The molecule has 14 heteroatoms. The summed E-state index contributed by atoms with van der Waals surface area (Å²) in [4.78, 5) is 60.9. The van der Waals surface area contributed by atoms with Gasteiger partial charge >= 0.3 is 36.0 Å². The number of rotatable bonds is 11. The van der Waals surface area contributed by atoms with Gasteiger partial charge in [-0.3, -0.25) is 0 Å². The lowest BCUT2D eigenvalue weighted by Crippen LogP contribution is -2.23. The van der Waals surface area contributed by atoms with Gasteiger partial charge in [0.05, 0.1) is 0 Å². The molecule has 0 N–H and O–H groups in total. The Balaban J connectivity index is 1.62. The first-order chi connectivity index (χ1) is 28.3. The summed E-state index contributed by atoms with van der Waals surface area (Å²) in [6.45, 7) is 15.5. The van der Waals surface area contributed by atoms with Gasteiger partial charge in [-0.1, -0.05) is 62.1 Å². The molecule has 4 aromatic rings. The van der Waals surface area contributed by atoms with E-state index in [1.807, 2.05) is 0 Å². The van der Waals surface area contributed by atoms with Crippen LogP contribution >= 0.6 is 0 Å². The minimum atomic E-state index is -5.15. The maximum atomic E-state index is 13.4. The predicted octanol–water partition coefficient (Wildman–Crippen LogP) is 8.48. The lowest BCUT2D eigenvalue weighted by Gasteiger charge is -2.13. The normalized spacial score (nSPS) is 10.6. The van der Waals surface area contributed by atoms with Crippen LogP contribution in [0.2, 0.25) is 0 Å². The number of esters is 5. The van der Waals surface area contributed by atoms with Crippen LogP contribution in [0, 0.1) is 23.7 Å². The van der Waals surface area contributed by atoms with E-state index in [1.165, 1.54) is 61.5 Å². The molecule has 0 aliphatic heterocycles. The Morgan fingerprint density at radius 3 is 1.52 bits per heavy atom. The number of hydrogen-bond donors (Lipinski definition) is 0. The molecule has 0 aliphatic carbocycles. The molecule has 0 bridgehead atoms. The summed E-state index contributed by atoms with van der Waals surface area (Å²) in [6, 6.07) is 19.9. The maximum absolute atomic E-state index is 13.4.